The van der Waals surface area contributed by atoms with Crippen LogP contribution in [0, 0.1) is 0 Å². The summed E-state index contributed by atoms with van der Waals surface area (Å²) >= 11 is 0. The number of anilines is 2. The quantitative estimate of drug-likeness (QED) is 0.691. The summed E-state index contributed by atoms with van der Waals surface area (Å²) in [4.78, 5) is 18.1. The van der Waals surface area contributed by atoms with Crippen LogP contribution in [0.5, 0.6) is 0 Å². The Morgan fingerprint density at radius 3 is 2.89 bits per heavy atom. The molecule has 0 unspecified atom stereocenters. The minimum atomic E-state index is 0.0955. The molecule has 0 saturated carbocycles. The maximum Gasteiger partial charge on any atom is 0.226 e. The average molecular weight is 264 g/mol. The molecule has 3 N–H and O–H groups in total. The monoisotopic (exact) mass is 264 g/mol. The summed E-state index contributed by atoms with van der Waals surface area (Å²) in [6, 6.07) is 0. The Hall–Kier alpha value is -1.89. The molecular weight excluding hydrogens is 244 g/mol. The second-order valence-corrected chi connectivity index (χ2v) is 4.29. The fraction of sp³-hybridized carbons (Fsp3) is 0.583. The number of aliphatic hydroxyl groups is 1. The van der Waals surface area contributed by atoms with Crippen molar-refractivity contribution in [3.63, 3.8) is 0 Å². The molecule has 2 aromatic heterocycles. The summed E-state index contributed by atoms with van der Waals surface area (Å²) < 4.78 is 0. The van der Waals surface area contributed by atoms with Gasteiger partial charge in [0.1, 0.15) is 5.52 Å². The molecule has 104 valence electrons. The SMILES string of the molecule is CCCCN(CCO)c1nc(NC)nc2nc[nH]c12. The van der Waals surface area contributed by atoms with Crippen molar-refractivity contribution in [3.05, 3.63) is 6.33 Å². The zero-order chi connectivity index (χ0) is 13.7. The second kappa shape index (κ2) is 6.33. The van der Waals surface area contributed by atoms with Crippen molar-refractivity contribution in [2.24, 2.45) is 0 Å². The number of nitrogens with one attached hydrogen (secondary N) is 2. The summed E-state index contributed by atoms with van der Waals surface area (Å²) in [5.74, 6) is 1.32. The lowest BCUT2D eigenvalue weighted by atomic mass is 10.3. The lowest BCUT2D eigenvalue weighted by molar-refractivity contribution is 0.301. The minimum Gasteiger partial charge on any atom is -0.395 e. The summed E-state index contributed by atoms with van der Waals surface area (Å²) in [5, 5.41) is 12.2. The second-order valence-electron chi connectivity index (χ2n) is 4.29. The van der Waals surface area contributed by atoms with Gasteiger partial charge >= 0.3 is 0 Å². The number of fused-ring (bicyclic) bond motifs is 1. The summed E-state index contributed by atoms with van der Waals surface area (Å²) in [6.45, 7) is 3.64. The highest BCUT2D eigenvalue weighted by Gasteiger charge is 2.15. The smallest absolute Gasteiger partial charge is 0.226 e. The predicted molar refractivity (Wildman–Crippen MR) is 75.4 cm³/mol. The van der Waals surface area contributed by atoms with E-state index in [1.165, 1.54) is 0 Å². The van der Waals surface area contributed by atoms with Gasteiger partial charge in [0.2, 0.25) is 5.95 Å². The van der Waals surface area contributed by atoms with Gasteiger partial charge in [0, 0.05) is 20.1 Å². The van der Waals surface area contributed by atoms with Crippen molar-refractivity contribution in [1.29, 1.82) is 0 Å². The van der Waals surface area contributed by atoms with Crippen LogP contribution < -0.4 is 10.2 Å². The summed E-state index contributed by atoms with van der Waals surface area (Å²) in [5.41, 5.74) is 1.44. The van der Waals surface area contributed by atoms with Crippen molar-refractivity contribution in [2.45, 2.75) is 19.8 Å². The molecule has 7 heteroatoms. The van der Waals surface area contributed by atoms with E-state index in [0.29, 0.717) is 18.1 Å². The van der Waals surface area contributed by atoms with E-state index in [1.54, 1.807) is 13.4 Å². The number of H-pyrrole nitrogens is 1. The first-order chi connectivity index (χ1) is 9.30. The molecule has 0 saturated heterocycles. The van der Waals surface area contributed by atoms with Crippen LogP contribution in [0.4, 0.5) is 11.8 Å². The van der Waals surface area contributed by atoms with Crippen LogP contribution >= 0.6 is 0 Å². The third kappa shape index (κ3) is 2.93. The molecule has 2 rings (SSSR count). The van der Waals surface area contributed by atoms with E-state index in [-0.39, 0.29) is 6.61 Å². The molecule has 0 radical (unpaired) electrons. The molecule has 0 aromatic carbocycles. The van der Waals surface area contributed by atoms with Crippen molar-refractivity contribution in [1.82, 2.24) is 19.9 Å². The Bertz CT molecular complexity index is 526. The standard InChI is InChI=1S/C12H20N6O/c1-3-4-5-18(6-7-19)11-9-10(15-8-14-9)16-12(13-2)17-11/h8,19H,3-7H2,1-2H3,(H2,13,14,15,16,17). The van der Waals surface area contributed by atoms with Gasteiger partial charge in [-0.15, -0.1) is 0 Å². The van der Waals surface area contributed by atoms with E-state index in [9.17, 15) is 5.11 Å². The Kier molecular flexibility index (Phi) is 4.51. The maximum absolute atomic E-state index is 9.22. The van der Waals surface area contributed by atoms with Gasteiger partial charge in [0.15, 0.2) is 11.5 Å². The molecule has 0 aliphatic heterocycles. The molecule has 0 spiro atoms. The van der Waals surface area contributed by atoms with Gasteiger partial charge in [0.05, 0.1) is 12.9 Å². The van der Waals surface area contributed by atoms with E-state index in [4.69, 9.17) is 0 Å². The fourth-order valence-corrected chi connectivity index (χ4v) is 1.95. The van der Waals surface area contributed by atoms with E-state index in [1.807, 2.05) is 0 Å². The number of aliphatic hydroxyl groups excluding tert-OH is 1. The van der Waals surface area contributed by atoms with Gasteiger partial charge in [-0.05, 0) is 6.42 Å². The van der Waals surface area contributed by atoms with E-state index >= 15 is 0 Å². The van der Waals surface area contributed by atoms with Gasteiger partial charge in [-0.1, -0.05) is 13.3 Å². The first-order valence-electron chi connectivity index (χ1n) is 6.54. The molecule has 0 atom stereocenters. The Morgan fingerprint density at radius 1 is 1.37 bits per heavy atom. The average Bonchev–Trinajstić information content (AvgIpc) is 2.90. The Balaban J connectivity index is 2.40. The molecule has 19 heavy (non-hydrogen) atoms. The minimum absolute atomic E-state index is 0.0955. The van der Waals surface area contributed by atoms with E-state index in [2.05, 4.69) is 37.1 Å². The van der Waals surface area contributed by atoms with Crippen molar-refractivity contribution in [3.8, 4) is 0 Å². The highest BCUT2D eigenvalue weighted by Crippen LogP contribution is 2.22. The lowest BCUT2D eigenvalue weighted by Gasteiger charge is -2.23. The number of hydrogen-bond donors (Lipinski definition) is 3. The molecule has 0 aliphatic carbocycles. The first kappa shape index (κ1) is 13.5. The van der Waals surface area contributed by atoms with Gasteiger partial charge in [-0.2, -0.15) is 9.97 Å². The summed E-state index contributed by atoms with van der Waals surface area (Å²) in [6.07, 6.45) is 3.76. The number of unbranched alkanes of at least 4 members (excludes halogenated alkanes) is 1. The maximum atomic E-state index is 9.22. The van der Waals surface area contributed by atoms with Gasteiger partial charge in [-0.3, -0.25) is 0 Å². The van der Waals surface area contributed by atoms with E-state index in [0.717, 1.165) is 30.7 Å². The highest BCUT2D eigenvalue weighted by atomic mass is 16.3. The van der Waals surface area contributed by atoms with Gasteiger partial charge in [-0.25, -0.2) is 4.98 Å². The molecule has 0 fully saturated rings. The van der Waals surface area contributed by atoms with Crippen LogP contribution in [0.25, 0.3) is 11.2 Å². The fourth-order valence-electron chi connectivity index (χ4n) is 1.95. The lowest BCUT2D eigenvalue weighted by Crippen LogP contribution is -2.29. The largest absolute Gasteiger partial charge is 0.395 e. The molecule has 2 aromatic rings. The van der Waals surface area contributed by atoms with Gasteiger partial charge in [0.25, 0.3) is 0 Å². The molecule has 0 bridgehead atoms. The van der Waals surface area contributed by atoms with Crippen LogP contribution in [0.2, 0.25) is 0 Å². The number of aromatic nitrogens is 4. The Morgan fingerprint density at radius 2 is 2.21 bits per heavy atom. The van der Waals surface area contributed by atoms with E-state index < -0.39 is 0 Å². The third-order valence-electron chi connectivity index (χ3n) is 2.94. The molecule has 2 heterocycles. The van der Waals surface area contributed by atoms with Crippen LogP contribution in [0.1, 0.15) is 19.8 Å². The number of imidazole rings is 1. The van der Waals surface area contributed by atoms with Crippen LogP contribution in [-0.4, -0.2) is 51.8 Å². The number of nitrogens with zero attached hydrogens (tertiary/aromatic N) is 4. The van der Waals surface area contributed by atoms with Gasteiger partial charge < -0.3 is 20.3 Å². The van der Waals surface area contributed by atoms with Crippen LogP contribution in [-0.2, 0) is 0 Å². The van der Waals surface area contributed by atoms with Crippen LogP contribution in [0.3, 0.4) is 0 Å². The molecular formula is C12H20N6O. The number of hydrogen-bond acceptors (Lipinski definition) is 6. The van der Waals surface area contributed by atoms with Crippen molar-refractivity contribution < 1.29 is 5.11 Å². The number of aromatic amines is 1. The van der Waals surface area contributed by atoms with Crippen molar-refractivity contribution in [2.75, 3.05) is 37.0 Å². The van der Waals surface area contributed by atoms with Crippen molar-refractivity contribution >= 4 is 22.9 Å². The Labute approximate surface area is 112 Å². The predicted octanol–water partition coefficient (Wildman–Crippen LogP) is 0.993. The normalized spacial score (nSPS) is 10.9. The first-order valence-corrected chi connectivity index (χ1v) is 6.54. The molecule has 7 nitrogen and oxygen atoms in total. The van der Waals surface area contributed by atoms with Crippen LogP contribution in [0.15, 0.2) is 6.33 Å². The number of rotatable bonds is 7. The zero-order valence-electron chi connectivity index (χ0n) is 11.3. The topological polar surface area (TPSA) is 90.0 Å². The summed E-state index contributed by atoms with van der Waals surface area (Å²) in [7, 11) is 1.78. The molecule has 0 aliphatic rings. The zero-order valence-corrected chi connectivity index (χ0v) is 11.3. The molecule has 0 amide bonds. The highest BCUT2D eigenvalue weighted by molar-refractivity contribution is 5.84. The third-order valence-corrected chi connectivity index (χ3v) is 2.94.